The molecule has 94 valence electrons. The van der Waals surface area contributed by atoms with Crippen LogP contribution in [-0.4, -0.2) is 36.8 Å². The van der Waals surface area contributed by atoms with Crippen LogP contribution in [0.25, 0.3) is 0 Å². The first-order chi connectivity index (χ1) is 8.07. The van der Waals surface area contributed by atoms with Crippen molar-refractivity contribution in [2.24, 2.45) is 0 Å². The van der Waals surface area contributed by atoms with Crippen LogP contribution >= 0.6 is 0 Å². The van der Waals surface area contributed by atoms with E-state index in [-0.39, 0.29) is 0 Å². The van der Waals surface area contributed by atoms with Crippen LogP contribution in [0, 0.1) is 0 Å². The van der Waals surface area contributed by atoms with E-state index in [1.54, 1.807) is 11.6 Å². The van der Waals surface area contributed by atoms with Gasteiger partial charge in [0.2, 0.25) is 0 Å². The van der Waals surface area contributed by atoms with Crippen LogP contribution in [0.5, 0.6) is 0 Å². The van der Waals surface area contributed by atoms with Gasteiger partial charge in [0.25, 0.3) is 0 Å². The number of aliphatic carboxylic acids is 1. The summed E-state index contributed by atoms with van der Waals surface area (Å²) in [6.45, 7) is 3.88. The number of hydrogen-bond donors (Lipinski definition) is 2. The molecule has 1 heterocycles. The monoisotopic (exact) mass is 239 g/mol. The largest absolute Gasteiger partial charge is 0.480 e. The average Bonchev–Trinajstić information content (AvgIpc) is 3.05. The van der Waals surface area contributed by atoms with Crippen LogP contribution < -0.4 is 5.32 Å². The van der Waals surface area contributed by atoms with Crippen LogP contribution in [0.1, 0.15) is 45.0 Å². The minimum absolute atomic E-state index is 0.375. The summed E-state index contributed by atoms with van der Waals surface area (Å²) in [4.78, 5) is 11.1. The fraction of sp³-hybridized carbons (Fsp3) is 0.800. The normalized spacial score (nSPS) is 18.9. The van der Waals surface area contributed by atoms with Crippen molar-refractivity contribution >= 4 is 5.97 Å². The number of nitrogens with zero attached hydrogens (tertiary/aromatic N) is 4. The SMILES string of the molecule is CCC(C)(NCc1nnnn1C1CC1)C(=O)O. The molecule has 2 rings (SSSR count). The molecule has 0 radical (unpaired) electrons. The minimum Gasteiger partial charge on any atom is -0.480 e. The third kappa shape index (κ3) is 2.44. The summed E-state index contributed by atoms with van der Waals surface area (Å²) in [5.74, 6) is -0.154. The zero-order valence-corrected chi connectivity index (χ0v) is 10.1. The lowest BCUT2D eigenvalue weighted by Crippen LogP contribution is -2.48. The van der Waals surface area contributed by atoms with Gasteiger partial charge in [0.05, 0.1) is 12.6 Å². The minimum atomic E-state index is -0.930. The quantitative estimate of drug-likeness (QED) is 0.744. The summed E-state index contributed by atoms with van der Waals surface area (Å²) in [5.41, 5.74) is -0.930. The summed E-state index contributed by atoms with van der Waals surface area (Å²) >= 11 is 0. The van der Waals surface area contributed by atoms with Gasteiger partial charge in [-0.15, -0.1) is 5.10 Å². The molecule has 0 bridgehead atoms. The first-order valence-corrected chi connectivity index (χ1v) is 5.82. The number of rotatable bonds is 6. The standard InChI is InChI=1S/C10H17N5O2/c1-3-10(2,9(16)17)11-6-8-12-13-14-15(8)7-4-5-7/h7,11H,3-6H2,1-2H3,(H,16,17). The first-order valence-electron chi connectivity index (χ1n) is 5.82. The predicted octanol–water partition coefficient (Wildman–Crippen LogP) is 0.351. The van der Waals surface area contributed by atoms with Crippen molar-refractivity contribution < 1.29 is 9.90 Å². The summed E-state index contributed by atoms with van der Waals surface area (Å²) in [7, 11) is 0. The Balaban J connectivity index is 2.01. The molecule has 0 spiro atoms. The molecule has 1 aliphatic rings. The van der Waals surface area contributed by atoms with E-state index in [9.17, 15) is 4.79 Å². The molecule has 0 amide bonds. The number of tetrazole rings is 1. The van der Waals surface area contributed by atoms with Crippen molar-refractivity contribution in [2.75, 3.05) is 0 Å². The van der Waals surface area contributed by atoms with Crippen molar-refractivity contribution in [2.45, 2.75) is 51.2 Å². The Morgan fingerprint density at radius 1 is 1.65 bits per heavy atom. The lowest BCUT2D eigenvalue weighted by Gasteiger charge is -2.24. The highest BCUT2D eigenvalue weighted by molar-refractivity contribution is 5.78. The van der Waals surface area contributed by atoms with Crippen molar-refractivity contribution in [1.29, 1.82) is 0 Å². The molecule has 2 N–H and O–H groups in total. The van der Waals surface area contributed by atoms with E-state index in [1.165, 1.54) is 0 Å². The molecule has 0 saturated heterocycles. The highest BCUT2D eigenvalue weighted by Gasteiger charge is 2.32. The molecule has 0 aromatic carbocycles. The third-order valence-electron chi connectivity index (χ3n) is 3.27. The molecular formula is C10H17N5O2. The summed E-state index contributed by atoms with van der Waals surface area (Å²) < 4.78 is 1.78. The summed E-state index contributed by atoms with van der Waals surface area (Å²) in [5, 5.41) is 23.6. The second kappa shape index (κ2) is 4.40. The fourth-order valence-electron chi connectivity index (χ4n) is 1.56. The van der Waals surface area contributed by atoms with Gasteiger partial charge in [0.15, 0.2) is 5.82 Å². The van der Waals surface area contributed by atoms with Crippen LogP contribution in [0.4, 0.5) is 0 Å². The van der Waals surface area contributed by atoms with E-state index in [0.29, 0.717) is 24.8 Å². The van der Waals surface area contributed by atoms with Gasteiger partial charge in [-0.25, -0.2) is 4.68 Å². The van der Waals surface area contributed by atoms with Crippen LogP contribution in [-0.2, 0) is 11.3 Å². The number of carboxylic acids is 1. The van der Waals surface area contributed by atoms with Gasteiger partial charge < -0.3 is 5.11 Å². The Labute approximate surface area is 99.2 Å². The molecule has 1 unspecified atom stereocenters. The van der Waals surface area contributed by atoms with E-state index in [1.807, 2.05) is 6.92 Å². The van der Waals surface area contributed by atoms with Crippen LogP contribution in [0.15, 0.2) is 0 Å². The summed E-state index contributed by atoms with van der Waals surface area (Å²) in [6, 6.07) is 0.402. The highest BCUT2D eigenvalue weighted by atomic mass is 16.4. The lowest BCUT2D eigenvalue weighted by atomic mass is 9.99. The smallest absolute Gasteiger partial charge is 0.323 e. The molecule has 7 nitrogen and oxygen atoms in total. The fourth-order valence-corrected chi connectivity index (χ4v) is 1.56. The third-order valence-corrected chi connectivity index (χ3v) is 3.27. The van der Waals surface area contributed by atoms with Crippen LogP contribution in [0.3, 0.4) is 0 Å². The maximum absolute atomic E-state index is 11.1. The van der Waals surface area contributed by atoms with Crippen molar-refractivity contribution in [3.05, 3.63) is 5.82 Å². The Morgan fingerprint density at radius 3 is 2.88 bits per heavy atom. The number of nitrogens with one attached hydrogen (secondary N) is 1. The second-order valence-electron chi connectivity index (χ2n) is 4.62. The molecule has 1 atom stereocenters. The molecule has 0 aliphatic heterocycles. The molecular weight excluding hydrogens is 222 g/mol. The van der Waals surface area contributed by atoms with Gasteiger partial charge >= 0.3 is 5.97 Å². The van der Waals surface area contributed by atoms with Crippen molar-refractivity contribution in [3.63, 3.8) is 0 Å². The maximum atomic E-state index is 11.1. The molecule has 1 aromatic heterocycles. The maximum Gasteiger partial charge on any atom is 0.323 e. The number of carbonyl (C=O) groups is 1. The number of aromatic nitrogens is 4. The molecule has 1 saturated carbocycles. The van der Waals surface area contributed by atoms with Gasteiger partial charge in [0.1, 0.15) is 5.54 Å². The zero-order valence-electron chi connectivity index (χ0n) is 10.1. The van der Waals surface area contributed by atoms with Gasteiger partial charge in [-0.1, -0.05) is 6.92 Å². The zero-order chi connectivity index (χ0) is 12.5. The van der Waals surface area contributed by atoms with Gasteiger partial charge in [-0.05, 0) is 36.6 Å². The predicted molar refractivity (Wildman–Crippen MR) is 59.3 cm³/mol. The highest BCUT2D eigenvalue weighted by Crippen LogP contribution is 2.34. The van der Waals surface area contributed by atoms with E-state index in [2.05, 4.69) is 20.8 Å². The number of carboxylic acid groups (broad SMARTS) is 1. The Morgan fingerprint density at radius 2 is 2.35 bits per heavy atom. The van der Waals surface area contributed by atoms with Crippen LogP contribution in [0.2, 0.25) is 0 Å². The van der Waals surface area contributed by atoms with E-state index < -0.39 is 11.5 Å². The lowest BCUT2D eigenvalue weighted by molar-refractivity contribution is -0.144. The van der Waals surface area contributed by atoms with Gasteiger partial charge in [-0.3, -0.25) is 10.1 Å². The molecule has 17 heavy (non-hydrogen) atoms. The molecule has 1 aromatic rings. The Bertz CT molecular complexity index is 415. The second-order valence-corrected chi connectivity index (χ2v) is 4.62. The van der Waals surface area contributed by atoms with Crippen molar-refractivity contribution in [3.8, 4) is 0 Å². The Hall–Kier alpha value is -1.50. The van der Waals surface area contributed by atoms with E-state index in [4.69, 9.17) is 5.11 Å². The molecule has 1 fully saturated rings. The van der Waals surface area contributed by atoms with E-state index >= 15 is 0 Å². The Kier molecular flexibility index (Phi) is 3.10. The molecule has 1 aliphatic carbocycles. The topological polar surface area (TPSA) is 92.9 Å². The van der Waals surface area contributed by atoms with Crippen molar-refractivity contribution in [1.82, 2.24) is 25.5 Å². The van der Waals surface area contributed by atoms with E-state index in [0.717, 1.165) is 12.8 Å². The van der Waals surface area contributed by atoms with Gasteiger partial charge in [-0.2, -0.15) is 0 Å². The first kappa shape index (κ1) is 12.0. The molecule has 7 heteroatoms. The number of hydrogen-bond acceptors (Lipinski definition) is 5. The van der Waals surface area contributed by atoms with Gasteiger partial charge in [0, 0.05) is 0 Å². The average molecular weight is 239 g/mol. The summed E-state index contributed by atoms with van der Waals surface area (Å²) in [6.07, 6.45) is 2.71.